The summed E-state index contributed by atoms with van der Waals surface area (Å²) in [6.45, 7) is 4.12. The zero-order valence-corrected chi connectivity index (χ0v) is 12.3. The highest BCUT2D eigenvalue weighted by Gasteiger charge is 2.09. The number of halogens is 1. The fraction of sp³-hybridized carbons (Fsp3) is 0.231. The molecule has 0 aliphatic carbocycles. The Bertz CT molecular complexity index is 508. The van der Waals surface area contributed by atoms with E-state index in [0.717, 1.165) is 11.5 Å². The molecule has 0 radical (unpaired) electrons. The maximum Gasteiger partial charge on any atom is 0.335 e. The van der Waals surface area contributed by atoms with Crippen LogP contribution < -0.4 is 10.6 Å². The van der Waals surface area contributed by atoms with Gasteiger partial charge in [-0.2, -0.15) is 11.8 Å². The Labute approximate surface area is 126 Å². The molecular formula is C13H15ClN2O3S. The molecule has 0 saturated carbocycles. The van der Waals surface area contributed by atoms with Gasteiger partial charge in [0.1, 0.15) is 0 Å². The highest BCUT2D eigenvalue weighted by Crippen LogP contribution is 2.22. The molecule has 0 atom stereocenters. The van der Waals surface area contributed by atoms with E-state index in [0.29, 0.717) is 12.2 Å². The Morgan fingerprint density at radius 1 is 1.45 bits per heavy atom. The van der Waals surface area contributed by atoms with Gasteiger partial charge in [-0.3, -0.25) is 0 Å². The molecule has 5 nitrogen and oxygen atoms in total. The number of nitrogens with one attached hydrogen (secondary N) is 2. The fourth-order valence-electron chi connectivity index (χ4n) is 1.32. The van der Waals surface area contributed by atoms with E-state index in [-0.39, 0.29) is 16.6 Å². The predicted octanol–water partition coefficient (Wildman–Crippen LogP) is 3.08. The van der Waals surface area contributed by atoms with E-state index >= 15 is 0 Å². The Balaban J connectivity index is 2.45. The van der Waals surface area contributed by atoms with Gasteiger partial charge in [0.25, 0.3) is 0 Å². The molecule has 1 rings (SSSR count). The summed E-state index contributed by atoms with van der Waals surface area (Å²) in [6.07, 6.45) is 1.80. The number of carboxylic acids is 1. The van der Waals surface area contributed by atoms with E-state index in [1.807, 2.05) is 0 Å². The molecule has 0 aliphatic heterocycles. The lowest BCUT2D eigenvalue weighted by Crippen LogP contribution is -2.30. The zero-order chi connectivity index (χ0) is 15.0. The maximum atomic E-state index is 11.6. The second-order valence-corrected chi connectivity index (χ2v) is 5.30. The number of aromatic carboxylic acids is 1. The Morgan fingerprint density at radius 2 is 2.20 bits per heavy atom. The van der Waals surface area contributed by atoms with Crippen LogP contribution in [0.2, 0.25) is 5.02 Å². The van der Waals surface area contributed by atoms with Crippen molar-refractivity contribution in [2.24, 2.45) is 0 Å². The van der Waals surface area contributed by atoms with E-state index in [2.05, 4.69) is 17.2 Å². The van der Waals surface area contributed by atoms with Crippen molar-refractivity contribution >= 4 is 41.1 Å². The van der Waals surface area contributed by atoms with Crippen LogP contribution in [0.15, 0.2) is 30.9 Å². The van der Waals surface area contributed by atoms with E-state index in [1.165, 1.54) is 18.2 Å². The number of urea groups is 1. The summed E-state index contributed by atoms with van der Waals surface area (Å²) in [6, 6.07) is 3.75. The minimum atomic E-state index is -1.07. The van der Waals surface area contributed by atoms with Crippen molar-refractivity contribution in [1.29, 1.82) is 0 Å². The number of carbonyl (C=O) groups is 2. The van der Waals surface area contributed by atoms with Crippen LogP contribution >= 0.6 is 23.4 Å². The fourth-order valence-corrected chi connectivity index (χ4v) is 2.13. The van der Waals surface area contributed by atoms with E-state index in [9.17, 15) is 9.59 Å². The van der Waals surface area contributed by atoms with Crippen molar-refractivity contribution in [3.05, 3.63) is 41.4 Å². The highest BCUT2D eigenvalue weighted by molar-refractivity contribution is 7.99. The van der Waals surface area contributed by atoms with Crippen molar-refractivity contribution in [2.75, 3.05) is 23.4 Å². The molecule has 20 heavy (non-hydrogen) atoms. The third-order valence-corrected chi connectivity index (χ3v) is 3.51. The number of amides is 2. The van der Waals surface area contributed by atoms with Crippen LogP contribution in [-0.4, -0.2) is 35.2 Å². The molecule has 3 N–H and O–H groups in total. The SMILES string of the molecule is C=CCSCCNC(=O)Nc1ccc(C(=O)O)cc1Cl. The van der Waals surface area contributed by atoms with E-state index in [1.54, 1.807) is 17.8 Å². The van der Waals surface area contributed by atoms with Crippen LogP contribution in [0.25, 0.3) is 0 Å². The lowest BCUT2D eigenvalue weighted by Gasteiger charge is -2.09. The first-order valence-electron chi connectivity index (χ1n) is 5.81. The largest absolute Gasteiger partial charge is 0.478 e. The second-order valence-electron chi connectivity index (χ2n) is 3.74. The Hall–Kier alpha value is -1.66. The summed E-state index contributed by atoms with van der Waals surface area (Å²) >= 11 is 7.56. The quantitative estimate of drug-likeness (QED) is 0.534. The third-order valence-electron chi connectivity index (χ3n) is 2.23. The van der Waals surface area contributed by atoms with Crippen molar-refractivity contribution in [2.45, 2.75) is 0 Å². The average Bonchev–Trinajstić information content (AvgIpc) is 2.40. The highest BCUT2D eigenvalue weighted by atomic mass is 35.5. The lowest BCUT2D eigenvalue weighted by atomic mass is 10.2. The van der Waals surface area contributed by atoms with Gasteiger partial charge < -0.3 is 15.7 Å². The summed E-state index contributed by atoms with van der Waals surface area (Å²) < 4.78 is 0. The Kier molecular flexibility index (Phi) is 6.97. The monoisotopic (exact) mass is 314 g/mol. The number of rotatable bonds is 7. The Morgan fingerprint density at radius 3 is 2.80 bits per heavy atom. The van der Waals surface area contributed by atoms with Gasteiger partial charge in [0.2, 0.25) is 0 Å². The molecule has 0 heterocycles. The van der Waals surface area contributed by atoms with Gasteiger partial charge in [0.15, 0.2) is 0 Å². The van der Waals surface area contributed by atoms with Crippen molar-refractivity contribution < 1.29 is 14.7 Å². The van der Waals surface area contributed by atoms with Crippen molar-refractivity contribution in [3.63, 3.8) is 0 Å². The molecule has 108 valence electrons. The topological polar surface area (TPSA) is 78.4 Å². The molecule has 0 aromatic heterocycles. The molecule has 0 fully saturated rings. The first kappa shape index (κ1) is 16.4. The molecule has 0 unspecified atom stereocenters. The molecule has 1 aromatic carbocycles. The second kappa shape index (κ2) is 8.50. The normalized spacial score (nSPS) is 9.85. The number of anilines is 1. The van der Waals surface area contributed by atoms with Crippen LogP contribution in [0.1, 0.15) is 10.4 Å². The summed E-state index contributed by atoms with van der Waals surface area (Å²) in [4.78, 5) is 22.3. The molecular weight excluding hydrogens is 300 g/mol. The first-order valence-corrected chi connectivity index (χ1v) is 7.34. The average molecular weight is 315 g/mol. The summed E-state index contributed by atoms with van der Waals surface area (Å²) in [5.74, 6) is 0.554. The number of thioether (sulfide) groups is 1. The standard InChI is InChI=1S/C13H15ClN2O3S/c1-2-6-20-7-5-15-13(19)16-11-4-3-9(12(17)18)8-10(11)14/h2-4,8H,1,5-7H2,(H,17,18)(H2,15,16,19). The minimum absolute atomic E-state index is 0.0711. The van der Waals surface area contributed by atoms with Gasteiger partial charge in [0.05, 0.1) is 16.3 Å². The molecule has 0 aliphatic rings. The molecule has 0 saturated heterocycles. The molecule has 0 bridgehead atoms. The van der Waals surface area contributed by atoms with Crippen LogP contribution in [0.5, 0.6) is 0 Å². The number of hydrogen-bond donors (Lipinski definition) is 3. The van der Waals surface area contributed by atoms with Gasteiger partial charge in [-0.25, -0.2) is 9.59 Å². The van der Waals surface area contributed by atoms with Gasteiger partial charge in [-0.1, -0.05) is 17.7 Å². The number of benzene rings is 1. The lowest BCUT2D eigenvalue weighted by molar-refractivity contribution is 0.0697. The molecule has 1 aromatic rings. The molecule has 7 heteroatoms. The predicted molar refractivity (Wildman–Crippen MR) is 83.0 cm³/mol. The number of hydrogen-bond acceptors (Lipinski definition) is 3. The van der Waals surface area contributed by atoms with Crippen molar-refractivity contribution in [3.8, 4) is 0 Å². The smallest absolute Gasteiger partial charge is 0.335 e. The molecule has 2 amide bonds. The van der Waals surface area contributed by atoms with Crippen LogP contribution in [0.3, 0.4) is 0 Å². The molecule has 0 spiro atoms. The van der Waals surface area contributed by atoms with Gasteiger partial charge >= 0.3 is 12.0 Å². The van der Waals surface area contributed by atoms with Gasteiger partial charge in [-0.15, -0.1) is 6.58 Å². The van der Waals surface area contributed by atoms with Gasteiger partial charge in [0, 0.05) is 18.1 Å². The van der Waals surface area contributed by atoms with E-state index < -0.39 is 5.97 Å². The number of carbonyl (C=O) groups excluding carboxylic acids is 1. The maximum absolute atomic E-state index is 11.6. The van der Waals surface area contributed by atoms with Crippen molar-refractivity contribution in [1.82, 2.24) is 5.32 Å². The van der Waals surface area contributed by atoms with E-state index in [4.69, 9.17) is 16.7 Å². The third kappa shape index (κ3) is 5.54. The first-order chi connectivity index (χ1) is 9.54. The van der Waals surface area contributed by atoms with Crippen LogP contribution in [0, 0.1) is 0 Å². The van der Waals surface area contributed by atoms with Gasteiger partial charge in [-0.05, 0) is 18.2 Å². The zero-order valence-electron chi connectivity index (χ0n) is 10.7. The van der Waals surface area contributed by atoms with Crippen LogP contribution in [-0.2, 0) is 0 Å². The number of carboxylic acid groups (broad SMARTS) is 1. The summed E-state index contributed by atoms with van der Waals surface area (Å²) in [5, 5.41) is 14.2. The minimum Gasteiger partial charge on any atom is -0.478 e. The summed E-state index contributed by atoms with van der Waals surface area (Å²) in [7, 11) is 0. The summed E-state index contributed by atoms with van der Waals surface area (Å²) in [5.41, 5.74) is 0.440. The van der Waals surface area contributed by atoms with Crippen LogP contribution in [0.4, 0.5) is 10.5 Å².